The Morgan fingerprint density at radius 3 is 3.06 bits per heavy atom. The second-order valence-corrected chi connectivity index (χ2v) is 5.01. The number of hydrogen-bond donors (Lipinski definition) is 2. The quantitative estimate of drug-likeness (QED) is 0.806. The molecule has 0 radical (unpaired) electrons. The van der Waals surface area contributed by atoms with E-state index in [0.29, 0.717) is 6.04 Å². The average Bonchev–Trinajstić information content (AvgIpc) is 2.63. The van der Waals surface area contributed by atoms with Gasteiger partial charge < -0.3 is 15.2 Å². The maximum Gasteiger partial charge on any atom is 0.103 e. The van der Waals surface area contributed by atoms with E-state index in [2.05, 4.69) is 34.2 Å². The second-order valence-electron chi connectivity index (χ2n) is 5.01. The molecule has 0 spiro atoms. The van der Waals surface area contributed by atoms with Crippen molar-refractivity contribution in [2.75, 3.05) is 20.1 Å². The number of likely N-dealkylation sites (tertiary alicyclic amines) is 1. The van der Waals surface area contributed by atoms with E-state index in [-0.39, 0.29) is 0 Å². The predicted octanol–water partition coefficient (Wildman–Crippen LogP) is 1.15. The van der Waals surface area contributed by atoms with Crippen LogP contribution in [0.3, 0.4) is 0 Å². The Hall–Kier alpha value is -0.870. The molecule has 0 bridgehead atoms. The van der Waals surface area contributed by atoms with E-state index in [0.717, 1.165) is 18.3 Å². The molecule has 1 aliphatic heterocycles. The zero-order valence-electron chi connectivity index (χ0n) is 10.5. The van der Waals surface area contributed by atoms with Gasteiger partial charge in [0.1, 0.15) is 5.82 Å². The lowest BCUT2D eigenvalue weighted by atomic mass is 9.94. The number of aryl methyl sites for hydroxylation is 1. The molecule has 1 saturated heterocycles. The highest BCUT2D eigenvalue weighted by atomic mass is 15.1. The number of nitrogens with one attached hydrogen (secondary N) is 2. The monoisotopic (exact) mass is 222 g/mol. The van der Waals surface area contributed by atoms with Gasteiger partial charge in [-0.25, -0.2) is 4.98 Å². The van der Waals surface area contributed by atoms with Crippen molar-refractivity contribution >= 4 is 0 Å². The van der Waals surface area contributed by atoms with Crippen LogP contribution in [-0.4, -0.2) is 41.0 Å². The van der Waals surface area contributed by atoms with Gasteiger partial charge in [-0.1, -0.05) is 6.92 Å². The first-order valence-corrected chi connectivity index (χ1v) is 6.07. The molecular weight excluding hydrogens is 200 g/mol. The standard InChI is InChI=1S/C12H22N4/c1-9-8-16(3)5-4-12(9)14-7-11-6-13-10(2)15-11/h6,9,12,14H,4-5,7-8H2,1-3H3,(H,13,15). The fourth-order valence-corrected chi connectivity index (χ4v) is 2.46. The van der Waals surface area contributed by atoms with Gasteiger partial charge in [-0.05, 0) is 32.9 Å². The molecule has 2 N–H and O–H groups in total. The SMILES string of the molecule is Cc1ncc(CNC2CCN(C)CC2C)[nH]1. The van der Waals surface area contributed by atoms with Gasteiger partial charge in [0.2, 0.25) is 0 Å². The molecule has 16 heavy (non-hydrogen) atoms. The molecule has 1 aromatic rings. The first-order valence-electron chi connectivity index (χ1n) is 6.07. The lowest BCUT2D eigenvalue weighted by Gasteiger charge is -2.35. The van der Waals surface area contributed by atoms with Crippen molar-refractivity contribution in [1.82, 2.24) is 20.2 Å². The van der Waals surface area contributed by atoms with Crippen LogP contribution >= 0.6 is 0 Å². The first-order chi connectivity index (χ1) is 7.65. The summed E-state index contributed by atoms with van der Waals surface area (Å²) >= 11 is 0. The maximum absolute atomic E-state index is 4.21. The third-order valence-corrected chi connectivity index (χ3v) is 3.42. The summed E-state index contributed by atoms with van der Waals surface area (Å²) in [6.07, 6.45) is 3.16. The van der Waals surface area contributed by atoms with Gasteiger partial charge in [0.25, 0.3) is 0 Å². The summed E-state index contributed by atoms with van der Waals surface area (Å²) in [7, 11) is 2.20. The minimum absolute atomic E-state index is 0.639. The minimum Gasteiger partial charge on any atom is -0.345 e. The predicted molar refractivity (Wildman–Crippen MR) is 65.2 cm³/mol. The van der Waals surface area contributed by atoms with Crippen LogP contribution in [-0.2, 0) is 6.54 Å². The molecule has 4 nitrogen and oxygen atoms in total. The van der Waals surface area contributed by atoms with Crippen LogP contribution in [0.4, 0.5) is 0 Å². The highest BCUT2D eigenvalue weighted by Crippen LogP contribution is 2.15. The number of aromatic amines is 1. The van der Waals surface area contributed by atoms with Crippen LogP contribution in [0.2, 0.25) is 0 Å². The number of aromatic nitrogens is 2. The highest BCUT2D eigenvalue weighted by Gasteiger charge is 2.23. The van der Waals surface area contributed by atoms with Gasteiger partial charge in [0, 0.05) is 31.0 Å². The molecule has 2 unspecified atom stereocenters. The van der Waals surface area contributed by atoms with Gasteiger partial charge in [0.15, 0.2) is 0 Å². The summed E-state index contributed by atoms with van der Waals surface area (Å²) in [5.41, 5.74) is 1.18. The molecule has 90 valence electrons. The van der Waals surface area contributed by atoms with Crippen molar-refractivity contribution in [3.8, 4) is 0 Å². The Balaban J connectivity index is 1.81. The van der Waals surface area contributed by atoms with Crippen LogP contribution in [0, 0.1) is 12.8 Å². The molecule has 1 aliphatic rings. The summed E-state index contributed by atoms with van der Waals surface area (Å²) in [6.45, 7) is 7.61. The van der Waals surface area contributed by atoms with Crippen molar-refractivity contribution in [1.29, 1.82) is 0 Å². The van der Waals surface area contributed by atoms with E-state index >= 15 is 0 Å². The van der Waals surface area contributed by atoms with Crippen LogP contribution < -0.4 is 5.32 Å². The van der Waals surface area contributed by atoms with Crippen LogP contribution in [0.15, 0.2) is 6.20 Å². The molecule has 2 heterocycles. The summed E-state index contributed by atoms with van der Waals surface area (Å²) in [5.74, 6) is 1.72. The van der Waals surface area contributed by atoms with E-state index in [9.17, 15) is 0 Å². The summed E-state index contributed by atoms with van der Waals surface area (Å²) in [4.78, 5) is 9.87. The number of rotatable bonds is 3. The number of hydrogen-bond acceptors (Lipinski definition) is 3. The molecular formula is C12H22N4. The van der Waals surface area contributed by atoms with E-state index in [1.165, 1.54) is 25.2 Å². The molecule has 1 aromatic heterocycles. The molecule has 4 heteroatoms. The minimum atomic E-state index is 0.639. The molecule has 1 fully saturated rings. The first kappa shape index (κ1) is 11.6. The van der Waals surface area contributed by atoms with E-state index in [1.807, 2.05) is 13.1 Å². The van der Waals surface area contributed by atoms with Gasteiger partial charge in [-0.3, -0.25) is 0 Å². The third-order valence-electron chi connectivity index (χ3n) is 3.42. The number of H-pyrrole nitrogens is 1. The average molecular weight is 222 g/mol. The summed E-state index contributed by atoms with van der Waals surface area (Å²) in [5, 5.41) is 3.62. The Kier molecular flexibility index (Phi) is 3.61. The number of imidazole rings is 1. The van der Waals surface area contributed by atoms with Gasteiger partial charge in [-0.15, -0.1) is 0 Å². The van der Waals surface area contributed by atoms with Crippen molar-refractivity contribution < 1.29 is 0 Å². The van der Waals surface area contributed by atoms with E-state index in [1.54, 1.807) is 0 Å². The largest absolute Gasteiger partial charge is 0.345 e. The van der Waals surface area contributed by atoms with E-state index in [4.69, 9.17) is 0 Å². The van der Waals surface area contributed by atoms with Crippen molar-refractivity contribution in [3.05, 3.63) is 17.7 Å². The Morgan fingerprint density at radius 1 is 1.62 bits per heavy atom. The zero-order chi connectivity index (χ0) is 11.5. The summed E-state index contributed by atoms with van der Waals surface area (Å²) in [6, 6.07) is 0.639. The highest BCUT2D eigenvalue weighted by molar-refractivity contribution is 5.00. The number of nitrogens with zero attached hydrogens (tertiary/aromatic N) is 2. The molecule has 2 atom stereocenters. The smallest absolute Gasteiger partial charge is 0.103 e. The molecule has 0 saturated carbocycles. The summed E-state index contributed by atoms with van der Waals surface area (Å²) < 4.78 is 0. The number of piperidine rings is 1. The Labute approximate surface area is 97.4 Å². The van der Waals surface area contributed by atoms with Crippen LogP contribution in [0.25, 0.3) is 0 Å². The Morgan fingerprint density at radius 2 is 2.44 bits per heavy atom. The lowest BCUT2D eigenvalue weighted by Crippen LogP contribution is -2.46. The molecule has 0 amide bonds. The van der Waals surface area contributed by atoms with Crippen molar-refractivity contribution in [2.24, 2.45) is 5.92 Å². The van der Waals surface area contributed by atoms with Gasteiger partial charge in [0.05, 0.1) is 0 Å². The maximum atomic E-state index is 4.21. The van der Waals surface area contributed by atoms with E-state index < -0.39 is 0 Å². The van der Waals surface area contributed by atoms with Crippen LogP contribution in [0.1, 0.15) is 24.9 Å². The normalized spacial score (nSPS) is 27.2. The lowest BCUT2D eigenvalue weighted by molar-refractivity contribution is 0.174. The Bertz CT molecular complexity index is 334. The second kappa shape index (κ2) is 4.97. The fraction of sp³-hybridized carbons (Fsp3) is 0.750. The third kappa shape index (κ3) is 2.83. The van der Waals surface area contributed by atoms with Crippen molar-refractivity contribution in [2.45, 2.75) is 32.9 Å². The van der Waals surface area contributed by atoms with Crippen LogP contribution in [0.5, 0.6) is 0 Å². The fourth-order valence-electron chi connectivity index (χ4n) is 2.46. The van der Waals surface area contributed by atoms with Gasteiger partial charge in [-0.2, -0.15) is 0 Å². The molecule has 0 aliphatic carbocycles. The zero-order valence-corrected chi connectivity index (χ0v) is 10.5. The molecule has 0 aromatic carbocycles. The van der Waals surface area contributed by atoms with Crippen molar-refractivity contribution in [3.63, 3.8) is 0 Å². The topological polar surface area (TPSA) is 44.0 Å². The molecule has 2 rings (SSSR count). The van der Waals surface area contributed by atoms with Gasteiger partial charge >= 0.3 is 0 Å².